The molecule has 1 aromatic heterocycles. The van der Waals surface area contributed by atoms with Gasteiger partial charge in [-0.3, -0.25) is 0 Å². The van der Waals surface area contributed by atoms with Gasteiger partial charge in [0.15, 0.2) is 5.89 Å². The summed E-state index contributed by atoms with van der Waals surface area (Å²) in [4.78, 5) is 4.28. The Kier molecular flexibility index (Phi) is 3.38. The van der Waals surface area contributed by atoms with E-state index in [0.29, 0.717) is 5.92 Å². The van der Waals surface area contributed by atoms with Crippen LogP contribution in [0.2, 0.25) is 0 Å². The monoisotopic (exact) mass is 211 g/mol. The summed E-state index contributed by atoms with van der Waals surface area (Å²) in [6.07, 6.45) is 3.69. The van der Waals surface area contributed by atoms with Crippen LogP contribution in [-0.2, 0) is 4.74 Å². The molecule has 0 radical (unpaired) electrons. The molecule has 1 unspecified atom stereocenters. The molecule has 0 saturated carbocycles. The predicted octanol–water partition coefficient (Wildman–Crippen LogP) is 1.66. The van der Waals surface area contributed by atoms with Crippen LogP contribution in [-0.4, -0.2) is 29.9 Å². The lowest BCUT2D eigenvalue weighted by molar-refractivity contribution is 0.0789. The van der Waals surface area contributed by atoms with E-state index in [0.717, 1.165) is 37.7 Å². The average Bonchev–Trinajstić information content (AvgIpc) is 2.78. The number of nitrogens with zero attached hydrogens (tertiary/aromatic N) is 1. The predicted molar refractivity (Wildman–Crippen MR) is 54.8 cm³/mol. The van der Waals surface area contributed by atoms with Crippen LogP contribution in [0.5, 0.6) is 0 Å². The molecule has 0 amide bonds. The van der Waals surface area contributed by atoms with Crippen LogP contribution in [0.25, 0.3) is 0 Å². The number of aliphatic hydroxyl groups excluding tert-OH is 1. The van der Waals surface area contributed by atoms with Gasteiger partial charge in [0.25, 0.3) is 0 Å². The second-order valence-electron chi connectivity index (χ2n) is 4.07. The van der Waals surface area contributed by atoms with Crippen molar-refractivity contribution in [3.63, 3.8) is 0 Å². The number of hydrogen-bond donors (Lipinski definition) is 1. The van der Waals surface area contributed by atoms with Gasteiger partial charge in [-0.25, -0.2) is 4.98 Å². The lowest BCUT2D eigenvalue weighted by Gasteiger charge is -2.18. The second-order valence-corrected chi connectivity index (χ2v) is 4.07. The normalized spacial score (nSPS) is 20.4. The van der Waals surface area contributed by atoms with E-state index in [1.54, 1.807) is 6.20 Å². The van der Waals surface area contributed by atoms with Gasteiger partial charge < -0.3 is 14.3 Å². The number of aliphatic hydroxyl groups is 1. The maximum Gasteiger partial charge on any atom is 0.197 e. The summed E-state index contributed by atoms with van der Waals surface area (Å²) in [6, 6.07) is 0. The molecule has 84 valence electrons. The van der Waals surface area contributed by atoms with Crippen molar-refractivity contribution >= 4 is 0 Å². The van der Waals surface area contributed by atoms with E-state index in [4.69, 9.17) is 14.3 Å². The average molecular weight is 211 g/mol. The van der Waals surface area contributed by atoms with Crippen LogP contribution < -0.4 is 0 Å². The molecule has 0 aliphatic carbocycles. The van der Waals surface area contributed by atoms with Crippen LogP contribution in [0.3, 0.4) is 0 Å². The summed E-state index contributed by atoms with van der Waals surface area (Å²) in [7, 11) is 0. The minimum absolute atomic E-state index is 0.0334. The fourth-order valence-electron chi connectivity index (χ4n) is 1.75. The first-order valence-corrected chi connectivity index (χ1v) is 5.45. The first-order chi connectivity index (χ1) is 7.31. The summed E-state index contributed by atoms with van der Waals surface area (Å²) in [5.41, 5.74) is 0. The Hall–Kier alpha value is -0.870. The van der Waals surface area contributed by atoms with E-state index in [1.807, 2.05) is 6.92 Å². The van der Waals surface area contributed by atoms with Crippen molar-refractivity contribution in [2.24, 2.45) is 0 Å². The van der Waals surface area contributed by atoms with Crippen molar-refractivity contribution in [1.29, 1.82) is 0 Å². The standard InChI is InChI=1S/C11H17NO3/c1-8(7-13)10-6-12-11(15-10)9-2-4-14-5-3-9/h6,8-9,13H,2-5,7H2,1H3. The third-order valence-electron chi connectivity index (χ3n) is 2.87. The van der Waals surface area contributed by atoms with Crippen molar-refractivity contribution in [3.05, 3.63) is 17.8 Å². The summed E-state index contributed by atoms with van der Waals surface area (Å²) in [5, 5.41) is 9.00. The first kappa shape index (κ1) is 10.6. The van der Waals surface area contributed by atoms with E-state index in [1.165, 1.54) is 0 Å². The van der Waals surface area contributed by atoms with Gasteiger partial charge in [0, 0.05) is 25.0 Å². The van der Waals surface area contributed by atoms with E-state index >= 15 is 0 Å². The molecule has 1 saturated heterocycles. The Balaban J connectivity index is 2.05. The molecule has 1 aliphatic heterocycles. The number of oxazole rings is 1. The third kappa shape index (κ3) is 2.38. The number of rotatable bonds is 3. The molecule has 2 heterocycles. The summed E-state index contributed by atoms with van der Waals surface area (Å²) >= 11 is 0. The van der Waals surface area contributed by atoms with Crippen LogP contribution in [0.1, 0.15) is 43.3 Å². The zero-order valence-electron chi connectivity index (χ0n) is 8.98. The van der Waals surface area contributed by atoms with Crippen molar-refractivity contribution in [3.8, 4) is 0 Å². The number of ether oxygens (including phenoxy) is 1. The Morgan fingerprint density at radius 1 is 1.53 bits per heavy atom. The largest absolute Gasteiger partial charge is 0.445 e. The van der Waals surface area contributed by atoms with Gasteiger partial charge in [-0.1, -0.05) is 6.92 Å². The van der Waals surface area contributed by atoms with Crippen molar-refractivity contribution in [2.75, 3.05) is 19.8 Å². The van der Waals surface area contributed by atoms with Crippen LogP contribution in [0.15, 0.2) is 10.6 Å². The highest BCUT2D eigenvalue weighted by Gasteiger charge is 2.21. The van der Waals surface area contributed by atoms with Gasteiger partial charge in [0.2, 0.25) is 0 Å². The Morgan fingerprint density at radius 3 is 2.93 bits per heavy atom. The van der Waals surface area contributed by atoms with Gasteiger partial charge >= 0.3 is 0 Å². The molecule has 1 N–H and O–H groups in total. The Bertz CT molecular complexity index is 305. The first-order valence-electron chi connectivity index (χ1n) is 5.45. The highest BCUT2D eigenvalue weighted by atomic mass is 16.5. The lowest BCUT2D eigenvalue weighted by Crippen LogP contribution is -2.14. The van der Waals surface area contributed by atoms with E-state index in [2.05, 4.69) is 4.98 Å². The minimum atomic E-state index is 0.0334. The minimum Gasteiger partial charge on any atom is -0.445 e. The van der Waals surface area contributed by atoms with Gasteiger partial charge in [-0.15, -0.1) is 0 Å². The van der Waals surface area contributed by atoms with Gasteiger partial charge in [-0.05, 0) is 12.8 Å². The molecule has 2 rings (SSSR count). The number of hydrogen-bond acceptors (Lipinski definition) is 4. The fraction of sp³-hybridized carbons (Fsp3) is 0.727. The fourth-order valence-corrected chi connectivity index (χ4v) is 1.75. The van der Waals surface area contributed by atoms with Crippen molar-refractivity contribution in [2.45, 2.75) is 31.6 Å². The third-order valence-corrected chi connectivity index (χ3v) is 2.87. The smallest absolute Gasteiger partial charge is 0.197 e. The molecule has 0 spiro atoms. The highest BCUT2D eigenvalue weighted by Crippen LogP contribution is 2.28. The lowest BCUT2D eigenvalue weighted by atomic mass is 10.0. The summed E-state index contributed by atoms with van der Waals surface area (Å²) in [5.74, 6) is 2.00. The molecule has 0 bridgehead atoms. The molecule has 4 heteroatoms. The molecule has 15 heavy (non-hydrogen) atoms. The van der Waals surface area contributed by atoms with Gasteiger partial charge in [0.05, 0.1) is 12.8 Å². The van der Waals surface area contributed by atoms with Crippen LogP contribution in [0, 0.1) is 0 Å². The van der Waals surface area contributed by atoms with E-state index in [9.17, 15) is 0 Å². The SMILES string of the molecule is CC(CO)c1cnc(C2CCOCC2)o1. The molecule has 1 aliphatic rings. The van der Waals surface area contributed by atoms with Crippen LogP contribution in [0.4, 0.5) is 0 Å². The van der Waals surface area contributed by atoms with Gasteiger partial charge in [0.1, 0.15) is 5.76 Å². The van der Waals surface area contributed by atoms with Crippen molar-refractivity contribution < 1.29 is 14.3 Å². The zero-order valence-corrected chi connectivity index (χ0v) is 8.98. The van der Waals surface area contributed by atoms with E-state index in [-0.39, 0.29) is 12.5 Å². The molecule has 1 atom stereocenters. The molecule has 1 fully saturated rings. The molecular weight excluding hydrogens is 194 g/mol. The zero-order chi connectivity index (χ0) is 10.7. The highest BCUT2D eigenvalue weighted by molar-refractivity contribution is 5.03. The molecule has 4 nitrogen and oxygen atoms in total. The van der Waals surface area contributed by atoms with Crippen LogP contribution >= 0.6 is 0 Å². The summed E-state index contributed by atoms with van der Waals surface area (Å²) in [6.45, 7) is 3.60. The Morgan fingerprint density at radius 2 is 2.27 bits per heavy atom. The quantitative estimate of drug-likeness (QED) is 0.826. The molecular formula is C11H17NO3. The summed E-state index contributed by atoms with van der Waals surface area (Å²) < 4.78 is 10.9. The van der Waals surface area contributed by atoms with Crippen molar-refractivity contribution in [1.82, 2.24) is 4.98 Å². The maximum absolute atomic E-state index is 9.00. The molecule has 1 aromatic rings. The topological polar surface area (TPSA) is 55.5 Å². The second kappa shape index (κ2) is 4.77. The number of aromatic nitrogens is 1. The van der Waals surface area contributed by atoms with Gasteiger partial charge in [-0.2, -0.15) is 0 Å². The maximum atomic E-state index is 9.00. The molecule has 0 aromatic carbocycles. The van der Waals surface area contributed by atoms with E-state index < -0.39 is 0 Å². The Labute approximate surface area is 89.3 Å².